The van der Waals surface area contributed by atoms with Crippen molar-refractivity contribution in [2.45, 2.75) is 39.7 Å². The van der Waals surface area contributed by atoms with Crippen LogP contribution in [0.2, 0.25) is 0 Å². The van der Waals surface area contributed by atoms with E-state index in [1.807, 2.05) is 0 Å². The summed E-state index contributed by atoms with van der Waals surface area (Å²) >= 11 is -6.83. The molecule has 0 atom stereocenters. The molecule has 1 fully saturated rings. The van der Waals surface area contributed by atoms with Crippen molar-refractivity contribution in [1.29, 1.82) is 0 Å². The van der Waals surface area contributed by atoms with Crippen molar-refractivity contribution in [1.82, 2.24) is 0 Å². The fourth-order valence-electron chi connectivity index (χ4n) is 1.85. The number of hydrogen-bond donors (Lipinski definition) is 0. The van der Waals surface area contributed by atoms with Crippen LogP contribution in [0.4, 0.5) is 14.1 Å². The Bertz CT molecular complexity index is 199. The van der Waals surface area contributed by atoms with E-state index in [0.29, 0.717) is 6.10 Å². The highest BCUT2D eigenvalue weighted by molar-refractivity contribution is 6.50. The maximum atomic E-state index is 9.85. The van der Waals surface area contributed by atoms with E-state index in [9.17, 15) is 14.1 Å². The van der Waals surface area contributed by atoms with Crippen molar-refractivity contribution in [2.75, 3.05) is 26.4 Å². The second-order valence-corrected chi connectivity index (χ2v) is 5.64. The summed E-state index contributed by atoms with van der Waals surface area (Å²) in [6.07, 6.45) is 3.15. The summed E-state index contributed by atoms with van der Waals surface area (Å²) in [7, 11) is 0. The average Bonchev–Trinajstić information content (AvgIpc) is 2.61. The average molecular weight is 275 g/mol. The molecule has 0 bridgehead atoms. The van der Waals surface area contributed by atoms with E-state index in [1.165, 1.54) is 37.0 Å². The molecule has 104 valence electrons. The molecule has 2 nitrogen and oxygen atoms in total. The normalized spacial score (nSPS) is 19.1. The van der Waals surface area contributed by atoms with Gasteiger partial charge in [-0.2, -0.15) is 0 Å². The fraction of sp³-hybridized carbons (Fsp3) is 1.00. The smallest absolute Gasteiger partial charge is 0.510 e. The first-order valence-corrected chi connectivity index (χ1v) is 7.77. The van der Waals surface area contributed by atoms with Gasteiger partial charge >= 0.3 is 14.9 Å². The van der Waals surface area contributed by atoms with Gasteiger partial charge in [-0.15, -0.1) is 0 Å². The molecule has 0 aromatic rings. The van der Waals surface area contributed by atoms with Crippen LogP contribution < -0.4 is 0 Å². The fourth-order valence-corrected chi connectivity index (χ4v) is 1.85. The summed E-state index contributed by atoms with van der Waals surface area (Å²) in [4.78, 5) is 0. The zero-order chi connectivity index (χ0) is 13.5. The first-order valence-electron chi connectivity index (χ1n) is 6.02. The van der Waals surface area contributed by atoms with Gasteiger partial charge in [0.2, 0.25) is 0 Å². The molecule has 7 heteroatoms. The molecule has 0 N–H and O–H groups in total. The summed E-state index contributed by atoms with van der Waals surface area (Å²) in [6.45, 7) is 11.3. The van der Waals surface area contributed by atoms with Gasteiger partial charge in [-0.1, -0.05) is 0 Å². The molecule has 1 aliphatic rings. The van der Waals surface area contributed by atoms with E-state index in [4.69, 9.17) is 4.74 Å². The Morgan fingerprint density at radius 2 is 1.53 bits per heavy atom. The number of quaternary nitrogens is 1. The lowest BCUT2D eigenvalue weighted by molar-refractivity contribution is -0.934. The SMILES string of the molecule is CC[N+]1(COC(C)C)CCCC1.[F][Al-]([F])([F])[F]. The topological polar surface area (TPSA) is 9.23 Å². The quantitative estimate of drug-likeness (QED) is 0.434. The number of halogens is 4. The van der Waals surface area contributed by atoms with Crippen molar-refractivity contribution in [2.24, 2.45) is 0 Å². The van der Waals surface area contributed by atoms with Crippen molar-refractivity contribution < 1.29 is 23.3 Å². The summed E-state index contributed by atoms with van der Waals surface area (Å²) in [5, 5.41) is 0. The van der Waals surface area contributed by atoms with Crippen LogP contribution in [0, 0.1) is 0 Å². The second-order valence-electron chi connectivity index (χ2n) is 4.65. The van der Waals surface area contributed by atoms with Crippen LogP contribution in [-0.2, 0) is 4.74 Å². The van der Waals surface area contributed by atoms with Crippen LogP contribution in [0.25, 0.3) is 0 Å². The van der Waals surface area contributed by atoms with Gasteiger partial charge in [-0.25, -0.2) is 0 Å². The van der Waals surface area contributed by atoms with Gasteiger partial charge in [0.1, 0.15) is 0 Å². The Balaban J connectivity index is 0.000000437. The minimum absolute atomic E-state index is 0.382. The third-order valence-electron chi connectivity index (χ3n) is 2.87. The lowest BCUT2D eigenvalue weighted by Crippen LogP contribution is -2.47. The molecule has 17 heavy (non-hydrogen) atoms. The first kappa shape index (κ1) is 17.2. The third-order valence-corrected chi connectivity index (χ3v) is 2.87. The van der Waals surface area contributed by atoms with Crippen molar-refractivity contribution in [3.05, 3.63) is 0 Å². The molecule has 0 saturated carbocycles. The largest absolute Gasteiger partial charge is 1.04 e. The van der Waals surface area contributed by atoms with Gasteiger partial charge in [-0.3, -0.25) is 0 Å². The third kappa shape index (κ3) is 9.84. The standard InChI is InChI=1S/C10H22NO.Al.4FH/c1-4-11(7-5-6-8-11)9-12-10(2)3;;;;;/h10H,4-9H2,1-3H3;;4*1H/q+1;+3;;;;/p-4. The summed E-state index contributed by atoms with van der Waals surface area (Å²) in [5.74, 6) is 0. The van der Waals surface area contributed by atoms with Crippen LogP contribution >= 0.6 is 0 Å². The van der Waals surface area contributed by atoms with Gasteiger partial charge in [-0.05, 0) is 20.8 Å². The lowest BCUT2D eigenvalue weighted by atomic mass is 10.4. The molecule has 1 rings (SSSR count). The second kappa shape index (κ2) is 7.57. The van der Waals surface area contributed by atoms with Crippen LogP contribution in [0.1, 0.15) is 33.6 Å². The number of hydrogen-bond acceptors (Lipinski definition) is 1. The Hall–Kier alpha value is 0.172. The monoisotopic (exact) mass is 275 g/mol. The van der Waals surface area contributed by atoms with E-state index in [-0.39, 0.29) is 0 Å². The Labute approximate surface area is 105 Å². The Kier molecular flexibility index (Phi) is 7.65. The summed E-state index contributed by atoms with van der Waals surface area (Å²) in [6, 6.07) is 0. The molecule has 0 aromatic heterocycles. The minimum Gasteiger partial charge on any atom is -0.510 e. The molecule has 1 heterocycles. The number of rotatable bonds is 4. The van der Waals surface area contributed by atoms with Crippen molar-refractivity contribution in [3.8, 4) is 0 Å². The number of nitrogens with zero attached hydrogens (tertiary/aromatic N) is 1. The maximum Gasteiger partial charge on any atom is 1.04 e. The highest BCUT2D eigenvalue weighted by Gasteiger charge is 2.41. The highest BCUT2D eigenvalue weighted by atomic mass is 27.5. The number of likely N-dealkylation sites (tertiary alicyclic amines) is 1. The van der Waals surface area contributed by atoms with Crippen LogP contribution in [0.15, 0.2) is 0 Å². The molecule has 1 aliphatic heterocycles. The Morgan fingerprint density at radius 3 is 1.82 bits per heavy atom. The highest BCUT2D eigenvalue weighted by Crippen LogP contribution is 2.19. The van der Waals surface area contributed by atoms with Crippen LogP contribution in [0.3, 0.4) is 0 Å². The van der Waals surface area contributed by atoms with E-state index >= 15 is 0 Å². The molecule has 0 amide bonds. The molecular weight excluding hydrogens is 253 g/mol. The molecule has 0 unspecified atom stereocenters. The predicted molar refractivity (Wildman–Crippen MR) is 61.0 cm³/mol. The van der Waals surface area contributed by atoms with Gasteiger partial charge in [0.05, 0.1) is 25.7 Å². The minimum atomic E-state index is -6.83. The van der Waals surface area contributed by atoms with Gasteiger partial charge in [0, 0.05) is 12.8 Å². The molecule has 0 radical (unpaired) electrons. The van der Waals surface area contributed by atoms with Gasteiger partial charge in [0.15, 0.2) is 6.73 Å². The van der Waals surface area contributed by atoms with E-state index < -0.39 is 14.9 Å². The van der Waals surface area contributed by atoms with Crippen LogP contribution in [-0.4, -0.2) is 51.9 Å². The zero-order valence-electron chi connectivity index (χ0n) is 10.8. The molecule has 1 saturated heterocycles. The van der Waals surface area contributed by atoms with Crippen LogP contribution in [0.5, 0.6) is 0 Å². The van der Waals surface area contributed by atoms with Crippen molar-refractivity contribution >= 4 is 14.9 Å². The van der Waals surface area contributed by atoms with Crippen molar-refractivity contribution in [3.63, 3.8) is 0 Å². The summed E-state index contributed by atoms with van der Waals surface area (Å²) in [5.41, 5.74) is 0. The van der Waals surface area contributed by atoms with E-state index in [2.05, 4.69) is 20.8 Å². The zero-order valence-corrected chi connectivity index (χ0v) is 11.9. The van der Waals surface area contributed by atoms with E-state index in [0.717, 1.165) is 6.73 Å². The van der Waals surface area contributed by atoms with Gasteiger partial charge in [0.25, 0.3) is 0 Å². The number of ether oxygens (including phenoxy) is 1. The van der Waals surface area contributed by atoms with Gasteiger partial charge < -0.3 is 23.3 Å². The Morgan fingerprint density at radius 1 is 1.12 bits per heavy atom. The maximum absolute atomic E-state index is 9.85. The van der Waals surface area contributed by atoms with E-state index in [1.54, 1.807) is 0 Å². The summed E-state index contributed by atoms with van der Waals surface area (Å²) < 4.78 is 46.3. The predicted octanol–water partition coefficient (Wildman–Crippen LogP) is 3.30. The molecule has 0 aliphatic carbocycles. The lowest BCUT2D eigenvalue weighted by Gasteiger charge is -2.33. The molecule has 0 aromatic carbocycles. The first-order chi connectivity index (χ1) is 7.68. The molecule has 0 spiro atoms. The molecular formula is C10H22AlF4NO.